The molecular weight excluding hydrogens is 327 g/mol. The molecule has 1 heterocycles. The molecule has 0 aliphatic rings. The van der Waals surface area contributed by atoms with Gasteiger partial charge in [0.05, 0.1) is 22.7 Å². The van der Waals surface area contributed by atoms with Gasteiger partial charge in [-0.15, -0.1) is 0 Å². The Morgan fingerprint density at radius 1 is 1.14 bits per heavy atom. The minimum Gasteiger partial charge on any atom is -0.618 e. The molecule has 5 nitrogen and oxygen atoms in total. The Labute approximate surface area is 135 Å². The van der Waals surface area contributed by atoms with Gasteiger partial charge in [-0.05, 0) is 30.3 Å². The van der Waals surface area contributed by atoms with Crippen LogP contribution >= 0.6 is 23.2 Å². The van der Waals surface area contributed by atoms with Gasteiger partial charge in [0.1, 0.15) is 11.3 Å². The fourth-order valence-electron chi connectivity index (χ4n) is 2.20. The van der Waals surface area contributed by atoms with Gasteiger partial charge in [-0.3, -0.25) is 4.79 Å². The van der Waals surface area contributed by atoms with Crippen molar-refractivity contribution < 1.29 is 9.47 Å². The summed E-state index contributed by atoms with van der Waals surface area (Å²) in [5.41, 5.74) is 0.510. The Kier molecular flexibility index (Phi) is 3.68. The van der Waals surface area contributed by atoms with Gasteiger partial charge in [0.25, 0.3) is 5.69 Å². The van der Waals surface area contributed by atoms with E-state index in [-0.39, 0.29) is 21.3 Å². The molecule has 3 rings (SSSR count). The highest BCUT2D eigenvalue weighted by Crippen LogP contribution is 2.26. The van der Waals surface area contributed by atoms with E-state index in [0.29, 0.717) is 21.6 Å². The first-order valence-corrected chi connectivity index (χ1v) is 7.06. The van der Waals surface area contributed by atoms with Crippen LogP contribution in [0.3, 0.4) is 0 Å². The fraction of sp³-hybridized carbons (Fsp3) is 0.0667. The number of fused-ring (bicyclic) bond motifs is 1. The van der Waals surface area contributed by atoms with Gasteiger partial charge < -0.3 is 14.9 Å². The van der Waals surface area contributed by atoms with Crippen molar-refractivity contribution in [3.8, 4) is 17.0 Å². The summed E-state index contributed by atoms with van der Waals surface area (Å²) in [7, 11) is 1.54. The molecule has 0 amide bonds. The standard InChI is InChI=1S/C15H10Cl2N2O3/c1-22-9-4-2-8(3-5-9)14-15(20)18-12-6-10(16)11(17)7-13(12)19(14)21/h2-7H,1H3,(H,18,20). The van der Waals surface area contributed by atoms with Gasteiger partial charge in [-0.2, -0.15) is 4.73 Å². The van der Waals surface area contributed by atoms with Crippen molar-refractivity contribution in [2.24, 2.45) is 0 Å². The molecule has 0 saturated carbocycles. The predicted molar refractivity (Wildman–Crippen MR) is 85.5 cm³/mol. The number of halogens is 2. The Balaban J connectivity index is 2.29. The fourth-order valence-corrected chi connectivity index (χ4v) is 2.52. The van der Waals surface area contributed by atoms with Gasteiger partial charge in [0.15, 0.2) is 0 Å². The number of benzene rings is 2. The molecule has 0 aliphatic carbocycles. The summed E-state index contributed by atoms with van der Waals surface area (Å²) in [6.45, 7) is 0. The second-order valence-corrected chi connectivity index (χ2v) is 5.42. The van der Waals surface area contributed by atoms with Crippen LogP contribution in [0, 0.1) is 5.21 Å². The third-order valence-corrected chi connectivity index (χ3v) is 4.01. The molecule has 112 valence electrons. The number of nitrogens with one attached hydrogen (secondary N) is 1. The molecule has 0 saturated heterocycles. The van der Waals surface area contributed by atoms with E-state index in [9.17, 15) is 10.0 Å². The largest absolute Gasteiger partial charge is 0.618 e. The average Bonchev–Trinajstić information content (AvgIpc) is 2.50. The number of nitrogens with zero attached hydrogens (tertiary/aromatic N) is 1. The number of aromatic amines is 1. The molecule has 0 spiro atoms. The Morgan fingerprint density at radius 3 is 2.41 bits per heavy atom. The number of methoxy groups -OCH3 is 1. The topological polar surface area (TPSA) is 69.0 Å². The van der Waals surface area contributed by atoms with E-state index >= 15 is 0 Å². The van der Waals surface area contributed by atoms with E-state index in [1.54, 1.807) is 24.3 Å². The van der Waals surface area contributed by atoms with E-state index in [1.165, 1.54) is 19.2 Å². The lowest BCUT2D eigenvalue weighted by Crippen LogP contribution is -2.37. The summed E-state index contributed by atoms with van der Waals surface area (Å²) >= 11 is 11.8. The SMILES string of the molecule is COc1ccc(-c2c(=O)[nH]c3cc(Cl)c(Cl)cc3[n+]2[O-])cc1. The monoisotopic (exact) mass is 336 g/mol. The number of rotatable bonds is 2. The van der Waals surface area contributed by atoms with Gasteiger partial charge in [-0.25, -0.2) is 0 Å². The molecule has 0 atom stereocenters. The van der Waals surface area contributed by atoms with Crippen molar-refractivity contribution in [1.29, 1.82) is 0 Å². The molecule has 2 aromatic carbocycles. The summed E-state index contributed by atoms with van der Waals surface area (Å²) in [6.07, 6.45) is 0. The molecule has 1 aromatic heterocycles. The van der Waals surface area contributed by atoms with Crippen molar-refractivity contribution in [3.05, 3.63) is 62.0 Å². The third kappa shape index (κ3) is 2.38. The van der Waals surface area contributed by atoms with Crippen LogP contribution in [0.1, 0.15) is 0 Å². The van der Waals surface area contributed by atoms with Crippen molar-refractivity contribution in [1.82, 2.24) is 4.98 Å². The molecule has 7 heteroatoms. The summed E-state index contributed by atoms with van der Waals surface area (Å²) < 4.78 is 5.62. The second kappa shape index (κ2) is 5.51. The van der Waals surface area contributed by atoms with Crippen LogP contribution in [0.5, 0.6) is 5.75 Å². The summed E-state index contributed by atoms with van der Waals surface area (Å²) in [5.74, 6) is 0.633. The Bertz CT molecular complexity index is 921. The van der Waals surface area contributed by atoms with Crippen LogP contribution in [-0.2, 0) is 0 Å². The molecule has 0 fully saturated rings. The van der Waals surface area contributed by atoms with E-state index in [0.717, 1.165) is 0 Å². The Hall–Kier alpha value is -2.24. The maximum Gasteiger partial charge on any atom is 0.322 e. The number of ether oxygens (including phenoxy) is 1. The first kappa shape index (κ1) is 14.7. The molecule has 22 heavy (non-hydrogen) atoms. The zero-order valence-corrected chi connectivity index (χ0v) is 12.9. The second-order valence-electron chi connectivity index (χ2n) is 4.61. The van der Waals surface area contributed by atoms with Crippen molar-refractivity contribution in [3.63, 3.8) is 0 Å². The van der Waals surface area contributed by atoms with E-state index in [1.807, 2.05) is 0 Å². The zero-order valence-electron chi connectivity index (χ0n) is 11.4. The van der Waals surface area contributed by atoms with Crippen LogP contribution < -0.4 is 15.0 Å². The average molecular weight is 337 g/mol. The summed E-state index contributed by atoms with van der Waals surface area (Å²) in [4.78, 5) is 14.9. The smallest absolute Gasteiger partial charge is 0.322 e. The van der Waals surface area contributed by atoms with Crippen LogP contribution in [0.2, 0.25) is 10.0 Å². The molecular formula is C15H10Cl2N2O3. The first-order valence-electron chi connectivity index (χ1n) is 6.30. The highest BCUT2D eigenvalue weighted by Gasteiger charge is 2.19. The number of H-pyrrole nitrogens is 1. The predicted octanol–water partition coefficient (Wildman–Crippen LogP) is 3.14. The molecule has 0 bridgehead atoms. The summed E-state index contributed by atoms with van der Waals surface area (Å²) in [6, 6.07) is 9.51. The van der Waals surface area contributed by atoms with E-state index in [2.05, 4.69) is 4.98 Å². The molecule has 1 N–H and O–H groups in total. The van der Waals surface area contributed by atoms with Crippen molar-refractivity contribution in [2.75, 3.05) is 7.11 Å². The van der Waals surface area contributed by atoms with E-state index in [4.69, 9.17) is 27.9 Å². The van der Waals surface area contributed by atoms with Crippen LogP contribution in [0.4, 0.5) is 0 Å². The minimum absolute atomic E-state index is 0.0199. The Morgan fingerprint density at radius 2 is 1.77 bits per heavy atom. The molecule has 0 unspecified atom stereocenters. The van der Waals surface area contributed by atoms with Crippen molar-refractivity contribution in [2.45, 2.75) is 0 Å². The van der Waals surface area contributed by atoms with Gasteiger partial charge >= 0.3 is 5.56 Å². The van der Waals surface area contributed by atoms with Gasteiger partial charge in [0, 0.05) is 6.07 Å². The maximum atomic E-state index is 12.5. The summed E-state index contributed by atoms with van der Waals surface area (Å²) in [5, 5.41) is 13.0. The number of hydrogen-bond acceptors (Lipinski definition) is 3. The lowest BCUT2D eigenvalue weighted by Gasteiger charge is -2.08. The highest BCUT2D eigenvalue weighted by atomic mass is 35.5. The highest BCUT2D eigenvalue weighted by molar-refractivity contribution is 6.42. The van der Waals surface area contributed by atoms with Gasteiger partial charge in [-0.1, -0.05) is 23.2 Å². The minimum atomic E-state index is -0.508. The maximum absolute atomic E-state index is 12.5. The third-order valence-electron chi connectivity index (χ3n) is 3.29. The van der Waals surface area contributed by atoms with Crippen LogP contribution in [-0.4, -0.2) is 12.1 Å². The first-order chi connectivity index (χ1) is 10.5. The lowest BCUT2D eigenvalue weighted by atomic mass is 10.1. The van der Waals surface area contributed by atoms with Crippen molar-refractivity contribution >= 4 is 34.2 Å². The van der Waals surface area contributed by atoms with Crippen LogP contribution in [0.25, 0.3) is 22.3 Å². The molecule has 3 aromatic rings. The number of hydrogen-bond donors (Lipinski definition) is 1. The zero-order chi connectivity index (χ0) is 15.9. The quantitative estimate of drug-likeness (QED) is 0.577. The number of aromatic nitrogens is 2. The molecule has 0 radical (unpaired) electrons. The normalized spacial score (nSPS) is 10.9. The van der Waals surface area contributed by atoms with Crippen LogP contribution in [0.15, 0.2) is 41.2 Å². The lowest BCUT2D eigenvalue weighted by molar-refractivity contribution is -0.566. The van der Waals surface area contributed by atoms with Gasteiger partial charge in [0.2, 0.25) is 5.52 Å². The molecule has 0 aliphatic heterocycles. The van der Waals surface area contributed by atoms with E-state index < -0.39 is 5.56 Å².